The molecule has 0 radical (unpaired) electrons. The Balaban J connectivity index is 2.30. The van der Waals surface area contributed by atoms with Gasteiger partial charge in [0.1, 0.15) is 5.75 Å². The number of rotatable bonds is 4. The maximum Gasteiger partial charge on any atom is 0.335 e. The monoisotopic (exact) mass is 295 g/mol. The zero-order valence-electron chi connectivity index (χ0n) is 10.6. The van der Waals surface area contributed by atoms with Crippen LogP contribution in [0.15, 0.2) is 18.2 Å². The highest BCUT2D eigenvalue weighted by atomic mass is 35.5. The third-order valence-electron chi connectivity index (χ3n) is 2.37. The Morgan fingerprint density at radius 3 is 2.55 bits per heavy atom. The van der Waals surface area contributed by atoms with Crippen LogP contribution in [0.25, 0.3) is 0 Å². The van der Waals surface area contributed by atoms with E-state index >= 15 is 0 Å². The van der Waals surface area contributed by atoms with Gasteiger partial charge in [0, 0.05) is 0 Å². The molecule has 1 heterocycles. The molecular formula is C12H10ClN3O4. The van der Waals surface area contributed by atoms with Crippen LogP contribution < -0.4 is 9.47 Å². The number of nitrogens with zero attached hydrogens (tertiary/aromatic N) is 3. The Morgan fingerprint density at radius 2 is 1.95 bits per heavy atom. The van der Waals surface area contributed by atoms with Gasteiger partial charge in [-0.3, -0.25) is 0 Å². The maximum absolute atomic E-state index is 10.8. The lowest BCUT2D eigenvalue weighted by atomic mass is 10.1. The Hall–Kier alpha value is -2.41. The molecule has 0 atom stereocenters. The maximum atomic E-state index is 10.8. The van der Waals surface area contributed by atoms with Crippen molar-refractivity contribution in [3.05, 3.63) is 34.6 Å². The molecule has 2 aromatic rings. The smallest absolute Gasteiger partial charge is 0.335 e. The van der Waals surface area contributed by atoms with E-state index in [9.17, 15) is 4.79 Å². The van der Waals surface area contributed by atoms with Crippen LogP contribution in [0.2, 0.25) is 5.28 Å². The molecule has 0 aliphatic rings. The van der Waals surface area contributed by atoms with Crippen molar-refractivity contribution in [3.8, 4) is 17.8 Å². The van der Waals surface area contributed by atoms with E-state index in [0.717, 1.165) is 0 Å². The molecule has 0 bridgehead atoms. The SMILES string of the molecule is COc1nc(Cl)nc(Oc2ccc(C(=O)O)cc2C)n1. The summed E-state index contributed by atoms with van der Waals surface area (Å²) >= 11 is 5.70. The summed E-state index contributed by atoms with van der Waals surface area (Å²) in [4.78, 5) is 22.2. The van der Waals surface area contributed by atoms with Gasteiger partial charge in [-0.05, 0) is 42.3 Å². The number of hydrogen-bond donors (Lipinski definition) is 1. The highest BCUT2D eigenvalue weighted by Gasteiger charge is 2.11. The molecule has 1 aromatic carbocycles. The van der Waals surface area contributed by atoms with Crippen LogP contribution in [0.3, 0.4) is 0 Å². The first kappa shape index (κ1) is 14.0. The second kappa shape index (κ2) is 5.70. The zero-order valence-corrected chi connectivity index (χ0v) is 11.4. The molecule has 20 heavy (non-hydrogen) atoms. The summed E-state index contributed by atoms with van der Waals surface area (Å²) in [6, 6.07) is 4.42. The van der Waals surface area contributed by atoms with Gasteiger partial charge < -0.3 is 14.6 Å². The van der Waals surface area contributed by atoms with Gasteiger partial charge in [-0.1, -0.05) is 0 Å². The number of carboxylic acid groups (broad SMARTS) is 1. The van der Waals surface area contributed by atoms with Crippen LogP contribution in [0.5, 0.6) is 17.8 Å². The van der Waals surface area contributed by atoms with Gasteiger partial charge in [0.05, 0.1) is 12.7 Å². The van der Waals surface area contributed by atoms with Crippen molar-refractivity contribution >= 4 is 17.6 Å². The number of aryl methyl sites for hydroxylation is 1. The van der Waals surface area contributed by atoms with Gasteiger partial charge in [-0.2, -0.15) is 9.97 Å². The zero-order chi connectivity index (χ0) is 14.7. The molecule has 0 saturated heterocycles. The summed E-state index contributed by atoms with van der Waals surface area (Å²) in [5, 5.41) is 8.82. The molecular weight excluding hydrogens is 286 g/mol. The fraction of sp³-hybridized carbons (Fsp3) is 0.167. The number of ether oxygens (including phenoxy) is 2. The van der Waals surface area contributed by atoms with Crippen molar-refractivity contribution in [1.82, 2.24) is 15.0 Å². The molecule has 1 N–H and O–H groups in total. The van der Waals surface area contributed by atoms with Crippen LogP contribution in [-0.2, 0) is 0 Å². The Bertz CT molecular complexity index is 663. The quantitative estimate of drug-likeness (QED) is 0.925. The second-order valence-electron chi connectivity index (χ2n) is 3.76. The number of carboxylic acids is 1. The summed E-state index contributed by atoms with van der Waals surface area (Å²) in [7, 11) is 1.39. The Morgan fingerprint density at radius 1 is 1.25 bits per heavy atom. The number of hydrogen-bond acceptors (Lipinski definition) is 6. The average molecular weight is 296 g/mol. The van der Waals surface area contributed by atoms with Gasteiger partial charge in [0.25, 0.3) is 0 Å². The van der Waals surface area contributed by atoms with Gasteiger partial charge in [0.2, 0.25) is 5.28 Å². The third-order valence-corrected chi connectivity index (χ3v) is 2.54. The predicted molar refractivity (Wildman–Crippen MR) is 69.6 cm³/mol. The van der Waals surface area contributed by atoms with Gasteiger partial charge in [-0.15, -0.1) is 4.98 Å². The molecule has 0 spiro atoms. The second-order valence-corrected chi connectivity index (χ2v) is 4.10. The predicted octanol–water partition coefficient (Wildman–Crippen LogP) is 2.33. The average Bonchev–Trinajstić information content (AvgIpc) is 2.40. The lowest BCUT2D eigenvalue weighted by Crippen LogP contribution is -2.01. The molecule has 104 valence electrons. The molecule has 0 aliphatic heterocycles. The summed E-state index contributed by atoms with van der Waals surface area (Å²) in [5.41, 5.74) is 0.793. The van der Waals surface area contributed by atoms with Crippen molar-refractivity contribution < 1.29 is 19.4 Å². The number of methoxy groups -OCH3 is 1. The van der Waals surface area contributed by atoms with E-state index in [2.05, 4.69) is 15.0 Å². The summed E-state index contributed by atoms with van der Waals surface area (Å²) in [6.45, 7) is 1.71. The molecule has 2 rings (SSSR count). The number of aromatic nitrogens is 3. The first-order chi connectivity index (χ1) is 9.49. The Labute approximate surface area is 119 Å². The topological polar surface area (TPSA) is 94.4 Å². The van der Waals surface area contributed by atoms with Crippen molar-refractivity contribution in [2.45, 2.75) is 6.92 Å². The lowest BCUT2D eigenvalue weighted by molar-refractivity contribution is 0.0697. The summed E-state index contributed by atoms with van der Waals surface area (Å²) in [5.74, 6) is -0.594. The minimum absolute atomic E-state index is 0.0276. The molecule has 0 unspecified atom stereocenters. The highest BCUT2D eigenvalue weighted by molar-refractivity contribution is 6.28. The van der Waals surface area contributed by atoms with Gasteiger partial charge in [-0.25, -0.2) is 4.79 Å². The number of carbonyl (C=O) groups is 1. The number of aromatic carboxylic acids is 1. The van der Waals surface area contributed by atoms with E-state index in [0.29, 0.717) is 11.3 Å². The van der Waals surface area contributed by atoms with Gasteiger partial charge >= 0.3 is 18.0 Å². The molecule has 0 amide bonds. The minimum atomic E-state index is -1.01. The van der Waals surface area contributed by atoms with E-state index < -0.39 is 5.97 Å². The fourth-order valence-corrected chi connectivity index (χ4v) is 1.59. The molecule has 8 heteroatoms. The molecule has 1 aromatic heterocycles. The fourth-order valence-electron chi connectivity index (χ4n) is 1.45. The first-order valence-electron chi connectivity index (χ1n) is 5.47. The third kappa shape index (κ3) is 3.12. The summed E-state index contributed by atoms with van der Waals surface area (Å²) < 4.78 is 10.3. The normalized spacial score (nSPS) is 10.2. The van der Waals surface area contributed by atoms with Crippen LogP contribution in [-0.4, -0.2) is 33.1 Å². The van der Waals surface area contributed by atoms with Crippen LogP contribution >= 0.6 is 11.6 Å². The van der Waals surface area contributed by atoms with Crippen molar-refractivity contribution in [2.75, 3.05) is 7.11 Å². The van der Waals surface area contributed by atoms with Gasteiger partial charge in [0.15, 0.2) is 0 Å². The standard InChI is InChI=1S/C12H10ClN3O4/c1-6-5-7(9(17)18)3-4-8(6)20-12-15-10(13)14-11(16-12)19-2/h3-5H,1-2H3,(H,17,18). The lowest BCUT2D eigenvalue weighted by Gasteiger charge is -2.08. The Kier molecular flexibility index (Phi) is 3.99. The van der Waals surface area contributed by atoms with Crippen LogP contribution in [0.4, 0.5) is 0 Å². The van der Waals surface area contributed by atoms with E-state index in [4.69, 9.17) is 26.2 Å². The molecule has 0 saturated carbocycles. The van der Waals surface area contributed by atoms with E-state index in [-0.39, 0.29) is 22.9 Å². The summed E-state index contributed by atoms with van der Waals surface area (Å²) in [6.07, 6.45) is 0. The number of halogens is 1. The molecule has 0 fully saturated rings. The van der Waals surface area contributed by atoms with Crippen LogP contribution in [0, 0.1) is 6.92 Å². The molecule has 7 nitrogen and oxygen atoms in total. The van der Waals surface area contributed by atoms with Crippen molar-refractivity contribution in [1.29, 1.82) is 0 Å². The molecule has 0 aliphatic carbocycles. The van der Waals surface area contributed by atoms with Crippen molar-refractivity contribution in [3.63, 3.8) is 0 Å². The van der Waals surface area contributed by atoms with Crippen LogP contribution in [0.1, 0.15) is 15.9 Å². The largest absolute Gasteiger partial charge is 0.478 e. The minimum Gasteiger partial charge on any atom is -0.478 e. The van der Waals surface area contributed by atoms with E-state index in [1.807, 2.05) is 0 Å². The van der Waals surface area contributed by atoms with E-state index in [1.165, 1.54) is 25.3 Å². The van der Waals surface area contributed by atoms with Crippen molar-refractivity contribution in [2.24, 2.45) is 0 Å². The highest BCUT2D eigenvalue weighted by Crippen LogP contribution is 2.25. The van der Waals surface area contributed by atoms with E-state index in [1.54, 1.807) is 6.92 Å². The first-order valence-corrected chi connectivity index (χ1v) is 5.84. The number of benzene rings is 1.